The van der Waals surface area contributed by atoms with E-state index in [9.17, 15) is 18.0 Å². The van der Waals surface area contributed by atoms with Gasteiger partial charge in [0.05, 0.1) is 17.8 Å². The number of nitrogens with one attached hydrogen (secondary N) is 2. The highest BCUT2D eigenvalue weighted by Gasteiger charge is 2.41. The Labute approximate surface area is 159 Å². The highest BCUT2D eigenvalue weighted by atomic mass is 35.5. The molecular weight excluding hydrogens is 381 g/mol. The summed E-state index contributed by atoms with van der Waals surface area (Å²) < 4.78 is 38.6. The molecule has 1 saturated carbocycles. The highest BCUT2D eigenvalue weighted by Crippen LogP contribution is 2.41. The Morgan fingerprint density at radius 2 is 2.00 bits per heavy atom. The largest absolute Gasteiger partial charge is 0.433 e. The number of nitrogens with two attached hydrogens (primary N) is 1. The summed E-state index contributed by atoms with van der Waals surface area (Å²) in [6.07, 6.45) is -0.751. The molecule has 2 aromatic rings. The molecule has 0 saturated heterocycles. The molecule has 1 fully saturated rings. The maximum atomic E-state index is 12.9. The van der Waals surface area contributed by atoms with Crippen molar-refractivity contribution in [1.29, 1.82) is 0 Å². The number of carbonyl (C=O) groups is 1. The Hall–Kier alpha value is -2.06. The van der Waals surface area contributed by atoms with Crippen LogP contribution in [0.15, 0.2) is 30.5 Å². The molecule has 1 heterocycles. The van der Waals surface area contributed by atoms with Gasteiger partial charge in [-0.15, -0.1) is 0 Å². The normalized spacial score (nSPS) is 17.2. The van der Waals surface area contributed by atoms with Crippen molar-refractivity contribution in [3.8, 4) is 0 Å². The number of hydrogen-bond acceptors (Lipinski definition) is 3. The molecule has 4 N–H and O–H groups in total. The summed E-state index contributed by atoms with van der Waals surface area (Å²) >= 11 is 5.92. The number of nitrogens with zero attached hydrogens (tertiary/aromatic N) is 1. The number of aromatic nitrogens is 2. The lowest BCUT2D eigenvalue weighted by atomic mass is 9.71. The van der Waals surface area contributed by atoms with E-state index in [4.69, 9.17) is 17.3 Å². The van der Waals surface area contributed by atoms with Crippen LogP contribution in [0.4, 0.5) is 13.2 Å². The average Bonchev–Trinajstić information content (AvgIpc) is 3.05. The third-order valence-electron chi connectivity index (χ3n) is 5.03. The Balaban J connectivity index is 1.62. The number of halogens is 4. The molecule has 146 valence electrons. The zero-order valence-corrected chi connectivity index (χ0v) is 15.2. The van der Waals surface area contributed by atoms with Crippen LogP contribution in [0.3, 0.4) is 0 Å². The van der Waals surface area contributed by atoms with Gasteiger partial charge in [0.1, 0.15) is 5.69 Å². The van der Waals surface area contributed by atoms with Crippen molar-refractivity contribution in [2.24, 2.45) is 5.73 Å². The number of benzene rings is 1. The monoisotopic (exact) mass is 400 g/mol. The molecule has 27 heavy (non-hydrogen) atoms. The summed E-state index contributed by atoms with van der Waals surface area (Å²) in [5, 5.41) is 8.99. The van der Waals surface area contributed by atoms with Crippen LogP contribution in [0.2, 0.25) is 5.02 Å². The Morgan fingerprint density at radius 3 is 2.56 bits per heavy atom. The molecule has 0 aliphatic heterocycles. The fourth-order valence-electron chi connectivity index (χ4n) is 3.30. The van der Waals surface area contributed by atoms with Crippen molar-refractivity contribution < 1.29 is 18.0 Å². The van der Waals surface area contributed by atoms with E-state index in [1.807, 2.05) is 17.2 Å². The zero-order chi connectivity index (χ0) is 19.7. The number of H-pyrrole nitrogens is 1. The van der Waals surface area contributed by atoms with Crippen molar-refractivity contribution in [2.45, 2.75) is 49.9 Å². The zero-order valence-electron chi connectivity index (χ0n) is 14.4. The Morgan fingerprint density at radius 1 is 1.33 bits per heavy atom. The third kappa shape index (κ3) is 4.27. The molecule has 1 unspecified atom stereocenters. The topological polar surface area (TPSA) is 83.8 Å². The SMILES string of the molecule is NC(CCc1cn[nH]c1C(F)(F)F)C(=O)NC1(c2ccc(Cl)cc2)CCC1. The predicted molar refractivity (Wildman–Crippen MR) is 95.0 cm³/mol. The minimum absolute atomic E-state index is 0.00167. The standard InChI is InChI=1S/C18H20ClF3N4O/c19-13-5-3-12(4-6-13)17(8-1-9-17)25-16(27)14(23)7-2-11-10-24-26-15(11)18(20,21)22/h3-6,10,14H,1-2,7-9,23H2,(H,24,26)(H,25,27). The lowest BCUT2D eigenvalue weighted by Crippen LogP contribution is -2.55. The van der Waals surface area contributed by atoms with Gasteiger partial charge in [0.15, 0.2) is 0 Å². The Bertz CT molecular complexity index is 800. The quantitative estimate of drug-likeness (QED) is 0.693. The van der Waals surface area contributed by atoms with Crippen LogP contribution in [0, 0.1) is 0 Å². The van der Waals surface area contributed by atoms with Crippen LogP contribution < -0.4 is 11.1 Å². The molecule has 1 aliphatic carbocycles. The first-order valence-electron chi connectivity index (χ1n) is 8.64. The lowest BCUT2D eigenvalue weighted by Gasteiger charge is -2.43. The summed E-state index contributed by atoms with van der Waals surface area (Å²) in [6, 6.07) is 6.36. The fraction of sp³-hybridized carbons (Fsp3) is 0.444. The van der Waals surface area contributed by atoms with Crippen molar-refractivity contribution >= 4 is 17.5 Å². The van der Waals surface area contributed by atoms with E-state index >= 15 is 0 Å². The van der Waals surface area contributed by atoms with E-state index in [1.165, 1.54) is 0 Å². The minimum atomic E-state index is -4.51. The summed E-state index contributed by atoms with van der Waals surface area (Å²) in [5.74, 6) is -0.373. The molecule has 0 bridgehead atoms. The van der Waals surface area contributed by atoms with Crippen LogP contribution in [-0.2, 0) is 22.9 Å². The maximum absolute atomic E-state index is 12.9. The van der Waals surface area contributed by atoms with Crippen molar-refractivity contribution in [3.05, 3.63) is 52.3 Å². The molecule has 3 rings (SSSR count). The third-order valence-corrected chi connectivity index (χ3v) is 5.28. The van der Waals surface area contributed by atoms with Crippen LogP contribution in [0.1, 0.15) is 42.5 Å². The van der Waals surface area contributed by atoms with Gasteiger partial charge in [0, 0.05) is 10.6 Å². The molecule has 0 spiro atoms. The molecule has 9 heteroatoms. The van der Waals surface area contributed by atoms with Crippen molar-refractivity contribution in [2.75, 3.05) is 0 Å². The molecule has 1 aromatic carbocycles. The first kappa shape index (κ1) is 19.7. The van der Waals surface area contributed by atoms with Gasteiger partial charge in [-0.25, -0.2) is 0 Å². The fourth-order valence-corrected chi connectivity index (χ4v) is 3.43. The summed E-state index contributed by atoms with van der Waals surface area (Å²) in [7, 11) is 0. The van der Waals surface area contributed by atoms with Gasteiger partial charge >= 0.3 is 6.18 Å². The Kier molecular flexibility index (Phi) is 5.48. The van der Waals surface area contributed by atoms with E-state index in [0.29, 0.717) is 5.02 Å². The molecule has 5 nitrogen and oxygen atoms in total. The number of rotatable bonds is 6. The van der Waals surface area contributed by atoms with Crippen LogP contribution >= 0.6 is 11.6 Å². The van der Waals surface area contributed by atoms with Crippen LogP contribution in [0.5, 0.6) is 0 Å². The number of aromatic amines is 1. The van der Waals surface area contributed by atoms with Gasteiger partial charge in [0.2, 0.25) is 5.91 Å². The van der Waals surface area contributed by atoms with Crippen LogP contribution in [0.25, 0.3) is 0 Å². The van der Waals surface area contributed by atoms with Crippen molar-refractivity contribution in [3.63, 3.8) is 0 Å². The number of carbonyl (C=O) groups excluding carboxylic acids is 1. The number of aryl methyl sites for hydroxylation is 1. The summed E-state index contributed by atoms with van der Waals surface area (Å²) in [5.41, 5.74) is 5.51. The van der Waals surface area contributed by atoms with Gasteiger partial charge in [0.25, 0.3) is 0 Å². The van der Waals surface area contributed by atoms with E-state index in [2.05, 4.69) is 10.4 Å². The van der Waals surface area contributed by atoms with Gasteiger partial charge in [-0.2, -0.15) is 18.3 Å². The smallest absolute Gasteiger partial charge is 0.345 e. The number of hydrogen-bond donors (Lipinski definition) is 3. The summed E-state index contributed by atoms with van der Waals surface area (Å²) in [4.78, 5) is 12.5. The van der Waals surface area contributed by atoms with E-state index in [0.717, 1.165) is 31.0 Å². The second-order valence-electron chi connectivity index (χ2n) is 6.84. The molecule has 1 aliphatic rings. The second-order valence-corrected chi connectivity index (χ2v) is 7.28. The van der Waals surface area contributed by atoms with E-state index in [1.54, 1.807) is 12.1 Å². The van der Waals surface area contributed by atoms with Gasteiger partial charge in [-0.1, -0.05) is 23.7 Å². The molecule has 1 aromatic heterocycles. The first-order valence-corrected chi connectivity index (χ1v) is 9.02. The number of alkyl halides is 3. The first-order chi connectivity index (χ1) is 12.7. The van der Waals surface area contributed by atoms with Crippen molar-refractivity contribution in [1.82, 2.24) is 15.5 Å². The molecular formula is C18H20ClF3N4O. The van der Waals surface area contributed by atoms with Gasteiger partial charge in [-0.05, 0) is 49.8 Å². The maximum Gasteiger partial charge on any atom is 0.433 e. The molecule has 1 atom stereocenters. The minimum Gasteiger partial charge on any atom is -0.345 e. The average molecular weight is 401 g/mol. The second kappa shape index (κ2) is 7.52. The number of amides is 1. The molecule has 1 amide bonds. The predicted octanol–water partition coefficient (Wildman–Crippen LogP) is 3.54. The van der Waals surface area contributed by atoms with Gasteiger partial charge in [-0.3, -0.25) is 9.89 Å². The highest BCUT2D eigenvalue weighted by molar-refractivity contribution is 6.30. The lowest BCUT2D eigenvalue weighted by molar-refractivity contribution is -0.141. The summed E-state index contributed by atoms with van der Waals surface area (Å²) in [6.45, 7) is 0. The van der Waals surface area contributed by atoms with E-state index in [-0.39, 0.29) is 24.3 Å². The van der Waals surface area contributed by atoms with Crippen LogP contribution in [-0.4, -0.2) is 22.1 Å². The van der Waals surface area contributed by atoms with Gasteiger partial charge < -0.3 is 11.1 Å². The van der Waals surface area contributed by atoms with E-state index < -0.39 is 23.5 Å². The molecule has 0 radical (unpaired) electrons.